The molecule has 0 aromatic carbocycles. The van der Waals surface area contributed by atoms with E-state index < -0.39 is 11.5 Å². The Morgan fingerprint density at radius 3 is 2.46 bits per heavy atom. The van der Waals surface area contributed by atoms with Gasteiger partial charge in [0.15, 0.2) is 0 Å². The molecule has 6 heteroatoms. The Labute approximate surface area is 144 Å². The van der Waals surface area contributed by atoms with E-state index in [1.54, 1.807) is 0 Å². The normalized spacial score (nSPS) is 36.0. The summed E-state index contributed by atoms with van der Waals surface area (Å²) in [5.74, 6) is -0.679. The van der Waals surface area contributed by atoms with Crippen molar-refractivity contribution in [3.05, 3.63) is 0 Å². The monoisotopic (exact) mass is 334 g/mol. The molecule has 0 aromatic rings. The molecular weight excluding hydrogens is 304 g/mol. The van der Waals surface area contributed by atoms with Gasteiger partial charge in [0.05, 0.1) is 6.04 Å². The third-order valence-corrected chi connectivity index (χ3v) is 6.73. The van der Waals surface area contributed by atoms with Crippen molar-refractivity contribution in [2.24, 2.45) is 10.3 Å². The number of aliphatic carboxylic acids is 1. The molecule has 0 saturated heterocycles. The number of carbonyl (C=O) groups is 1. The zero-order valence-electron chi connectivity index (χ0n) is 14.5. The van der Waals surface area contributed by atoms with Gasteiger partial charge in [-0.1, -0.05) is 37.3 Å². The molecule has 0 radical (unpaired) electrons. The van der Waals surface area contributed by atoms with Crippen LogP contribution in [0.3, 0.4) is 0 Å². The first-order chi connectivity index (χ1) is 11.7. The van der Waals surface area contributed by atoms with Crippen LogP contribution in [-0.2, 0) is 4.79 Å². The van der Waals surface area contributed by atoms with Gasteiger partial charge in [0, 0.05) is 12.1 Å². The second-order valence-corrected chi connectivity index (χ2v) is 8.21. The smallest absolute Gasteiger partial charge is 0.323 e. The van der Waals surface area contributed by atoms with E-state index in [0.717, 1.165) is 44.9 Å². The number of nitrogens with one attached hydrogen (secondary N) is 1. The van der Waals surface area contributed by atoms with Crippen molar-refractivity contribution in [3.63, 3.8) is 0 Å². The highest BCUT2D eigenvalue weighted by Crippen LogP contribution is 2.38. The van der Waals surface area contributed by atoms with Gasteiger partial charge in [-0.2, -0.15) is 5.11 Å². The van der Waals surface area contributed by atoms with Crippen molar-refractivity contribution in [1.82, 2.24) is 10.3 Å². The SMILES string of the molecule is O=C(O)C1(NC2CCCC3C2N=NN3C2CCCCC2)CCCC1. The predicted molar refractivity (Wildman–Crippen MR) is 90.8 cm³/mol. The minimum Gasteiger partial charge on any atom is -0.480 e. The van der Waals surface area contributed by atoms with Gasteiger partial charge >= 0.3 is 5.97 Å². The highest BCUT2D eigenvalue weighted by molar-refractivity contribution is 5.79. The molecular formula is C18H30N4O2. The van der Waals surface area contributed by atoms with Crippen LogP contribution in [0, 0.1) is 0 Å². The second-order valence-electron chi connectivity index (χ2n) is 8.21. The molecule has 0 bridgehead atoms. The molecule has 3 fully saturated rings. The summed E-state index contributed by atoms with van der Waals surface area (Å²) in [6.45, 7) is 0. The minimum absolute atomic E-state index is 0.137. The van der Waals surface area contributed by atoms with Crippen molar-refractivity contribution in [3.8, 4) is 0 Å². The van der Waals surface area contributed by atoms with Crippen molar-refractivity contribution < 1.29 is 9.90 Å². The van der Waals surface area contributed by atoms with Crippen LogP contribution < -0.4 is 5.32 Å². The Morgan fingerprint density at radius 2 is 1.75 bits per heavy atom. The van der Waals surface area contributed by atoms with Crippen LogP contribution in [0.4, 0.5) is 0 Å². The molecule has 134 valence electrons. The maximum Gasteiger partial charge on any atom is 0.323 e. The lowest BCUT2D eigenvalue weighted by Crippen LogP contribution is -2.61. The van der Waals surface area contributed by atoms with Gasteiger partial charge in [-0.3, -0.25) is 15.1 Å². The number of hydrogen-bond donors (Lipinski definition) is 2. The van der Waals surface area contributed by atoms with E-state index in [1.165, 1.54) is 32.1 Å². The van der Waals surface area contributed by atoms with Crippen LogP contribution in [0.15, 0.2) is 10.3 Å². The molecule has 0 spiro atoms. The molecule has 0 aromatic heterocycles. The molecule has 3 saturated carbocycles. The lowest BCUT2D eigenvalue weighted by atomic mass is 9.82. The first-order valence-corrected chi connectivity index (χ1v) is 9.90. The van der Waals surface area contributed by atoms with Crippen molar-refractivity contribution >= 4 is 5.97 Å². The van der Waals surface area contributed by atoms with Crippen molar-refractivity contribution in [2.75, 3.05) is 0 Å². The van der Waals surface area contributed by atoms with Crippen molar-refractivity contribution in [2.45, 2.75) is 107 Å². The van der Waals surface area contributed by atoms with Crippen LogP contribution in [0.5, 0.6) is 0 Å². The fraction of sp³-hybridized carbons (Fsp3) is 0.944. The predicted octanol–water partition coefficient (Wildman–Crippen LogP) is 3.28. The van der Waals surface area contributed by atoms with Gasteiger partial charge in [0.25, 0.3) is 0 Å². The molecule has 3 aliphatic carbocycles. The summed E-state index contributed by atoms with van der Waals surface area (Å²) >= 11 is 0. The second kappa shape index (κ2) is 6.62. The standard InChI is InChI=1S/C18H30N4O2/c23-17(24)18(11-4-5-12-18)19-14-9-6-10-15-16(14)20-21-22(15)13-7-2-1-3-8-13/h13-16,19H,1-12H2,(H,23,24). The zero-order valence-corrected chi connectivity index (χ0v) is 14.5. The van der Waals surface area contributed by atoms with E-state index in [4.69, 9.17) is 0 Å². The van der Waals surface area contributed by atoms with Crippen LogP contribution in [0.1, 0.15) is 77.0 Å². The lowest BCUT2D eigenvalue weighted by molar-refractivity contribution is -0.145. The topological polar surface area (TPSA) is 77.3 Å². The van der Waals surface area contributed by atoms with E-state index in [1.807, 2.05) is 0 Å². The summed E-state index contributed by atoms with van der Waals surface area (Å²) in [5, 5.41) is 24.8. The van der Waals surface area contributed by atoms with Crippen LogP contribution in [0.2, 0.25) is 0 Å². The van der Waals surface area contributed by atoms with Gasteiger partial charge in [0.1, 0.15) is 11.6 Å². The quantitative estimate of drug-likeness (QED) is 0.827. The first-order valence-electron chi connectivity index (χ1n) is 9.90. The summed E-state index contributed by atoms with van der Waals surface area (Å²) in [5.41, 5.74) is -0.722. The van der Waals surface area contributed by atoms with Gasteiger partial charge in [0.2, 0.25) is 0 Å². The highest BCUT2D eigenvalue weighted by Gasteiger charge is 2.48. The molecule has 1 aliphatic heterocycles. The number of carboxylic acid groups (broad SMARTS) is 1. The number of hydrogen-bond acceptors (Lipinski definition) is 5. The number of rotatable bonds is 4. The summed E-state index contributed by atoms with van der Waals surface area (Å²) in [6.07, 6.45) is 13.3. The van der Waals surface area contributed by atoms with Crippen LogP contribution in [-0.4, -0.2) is 45.8 Å². The number of nitrogens with zero attached hydrogens (tertiary/aromatic N) is 3. The molecule has 3 atom stereocenters. The third kappa shape index (κ3) is 2.83. The van der Waals surface area contributed by atoms with E-state index in [-0.39, 0.29) is 12.1 Å². The fourth-order valence-corrected chi connectivity index (χ4v) is 5.39. The Balaban J connectivity index is 1.46. The van der Waals surface area contributed by atoms with E-state index in [0.29, 0.717) is 12.1 Å². The molecule has 24 heavy (non-hydrogen) atoms. The summed E-state index contributed by atoms with van der Waals surface area (Å²) < 4.78 is 0. The van der Waals surface area contributed by atoms with E-state index >= 15 is 0 Å². The van der Waals surface area contributed by atoms with E-state index in [2.05, 4.69) is 20.7 Å². The zero-order chi connectivity index (χ0) is 16.6. The Bertz CT molecular complexity index is 497. The van der Waals surface area contributed by atoms with Crippen LogP contribution >= 0.6 is 0 Å². The molecule has 4 rings (SSSR count). The highest BCUT2D eigenvalue weighted by atomic mass is 16.4. The number of fused-ring (bicyclic) bond motifs is 1. The maximum absolute atomic E-state index is 11.9. The lowest BCUT2D eigenvalue weighted by Gasteiger charge is -2.41. The summed E-state index contributed by atoms with van der Waals surface area (Å²) in [7, 11) is 0. The van der Waals surface area contributed by atoms with Gasteiger partial charge in [-0.25, -0.2) is 0 Å². The maximum atomic E-state index is 11.9. The van der Waals surface area contributed by atoms with Crippen LogP contribution in [0.25, 0.3) is 0 Å². The van der Waals surface area contributed by atoms with Crippen molar-refractivity contribution in [1.29, 1.82) is 0 Å². The van der Waals surface area contributed by atoms with Gasteiger partial charge in [-0.15, -0.1) is 0 Å². The summed E-state index contributed by atoms with van der Waals surface area (Å²) in [4.78, 5) is 11.9. The largest absolute Gasteiger partial charge is 0.480 e. The molecule has 6 nitrogen and oxygen atoms in total. The number of carboxylic acids is 1. The third-order valence-electron chi connectivity index (χ3n) is 6.73. The average molecular weight is 334 g/mol. The molecule has 3 unspecified atom stereocenters. The Hall–Kier alpha value is -1.17. The Kier molecular flexibility index (Phi) is 4.50. The van der Waals surface area contributed by atoms with Gasteiger partial charge < -0.3 is 5.11 Å². The van der Waals surface area contributed by atoms with Gasteiger partial charge in [-0.05, 0) is 44.9 Å². The fourth-order valence-electron chi connectivity index (χ4n) is 5.39. The first kappa shape index (κ1) is 16.3. The molecule has 4 aliphatic rings. The molecule has 1 heterocycles. The molecule has 0 amide bonds. The average Bonchev–Trinajstić information content (AvgIpc) is 3.24. The minimum atomic E-state index is -0.722. The summed E-state index contributed by atoms with van der Waals surface area (Å²) in [6, 6.07) is 1.23. The van der Waals surface area contributed by atoms with E-state index in [9.17, 15) is 9.90 Å². The Morgan fingerprint density at radius 1 is 1.00 bits per heavy atom. The molecule has 2 N–H and O–H groups in total.